The lowest BCUT2D eigenvalue weighted by molar-refractivity contribution is -0.121. The lowest BCUT2D eigenvalue weighted by Crippen LogP contribution is -2.48. The Hall–Kier alpha value is -6.04. The summed E-state index contributed by atoms with van der Waals surface area (Å²) >= 11 is 0. The number of unbranched alkanes of at least 4 members (excludes halogenated alkanes) is 2. The van der Waals surface area contributed by atoms with Crippen LogP contribution in [0.25, 0.3) is 0 Å². The average molecular weight is 773 g/mol. The molecule has 0 bridgehead atoms. The van der Waals surface area contributed by atoms with Gasteiger partial charge >= 0.3 is 0 Å². The van der Waals surface area contributed by atoms with Crippen molar-refractivity contribution in [1.29, 1.82) is 0 Å². The standard InChI is InChI=1S/C45H48N4O8/c1-3-5-16-54-38-22-32-34(46-42(50)36-20-28-12-7-9-14-30(28)26-48(36)44(32)52)24-40(38)56-18-11-19-57-41-25-35-33(23-39(41)55-17-6-4-2)45(53)49-27-31-15-10-8-13-29(31)21-37(49)43(51)47-35/h7-10,12-15,22-25,36-37H,3-6,11,16-21,26-27H2,1-2H3,(H,46,50)(H,47,51)/t36-,37-/m0/s1. The van der Waals surface area contributed by atoms with Crippen LogP contribution in [0.1, 0.15) is 88.9 Å². The highest BCUT2D eigenvalue weighted by Crippen LogP contribution is 2.40. The number of nitrogens with zero attached hydrogens (tertiary/aromatic N) is 2. The second kappa shape index (κ2) is 16.6. The maximum Gasteiger partial charge on any atom is 0.257 e. The Bertz CT molecular complexity index is 2050. The molecule has 0 saturated heterocycles. The largest absolute Gasteiger partial charge is 0.490 e. The number of anilines is 2. The zero-order valence-corrected chi connectivity index (χ0v) is 32.4. The third-order valence-corrected chi connectivity index (χ3v) is 11.1. The topological polar surface area (TPSA) is 136 Å². The molecule has 2 N–H and O–H groups in total. The number of carbonyl (C=O) groups is 4. The lowest BCUT2D eigenvalue weighted by atomic mass is 9.93. The van der Waals surface area contributed by atoms with Gasteiger partial charge in [0.1, 0.15) is 12.1 Å². The van der Waals surface area contributed by atoms with Crippen molar-refractivity contribution in [2.75, 3.05) is 37.1 Å². The summed E-state index contributed by atoms with van der Waals surface area (Å²) in [6, 6.07) is 21.3. The molecule has 0 radical (unpaired) electrons. The first-order valence-corrected chi connectivity index (χ1v) is 20.1. The summed E-state index contributed by atoms with van der Waals surface area (Å²) < 4.78 is 24.8. The van der Waals surface area contributed by atoms with Crippen LogP contribution in [0.15, 0.2) is 72.8 Å². The van der Waals surface area contributed by atoms with Crippen LogP contribution in [0.4, 0.5) is 11.4 Å². The number of hydrogen-bond acceptors (Lipinski definition) is 8. The lowest BCUT2D eigenvalue weighted by Gasteiger charge is -2.34. The van der Waals surface area contributed by atoms with Crippen molar-refractivity contribution in [2.24, 2.45) is 0 Å². The van der Waals surface area contributed by atoms with Gasteiger partial charge in [-0.2, -0.15) is 0 Å². The first kappa shape index (κ1) is 37.9. The SMILES string of the molecule is CCCCOc1cc2c(cc1OCCCOc1cc3c(cc1OCCCC)C(=O)N1Cc4ccccc4C[C@H]1C(=O)N3)NC(=O)[C@@H]1Cc3ccccc3CN1C2=O. The highest BCUT2D eigenvalue weighted by atomic mass is 16.5. The fraction of sp³-hybridized carbons (Fsp3) is 0.378. The van der Waals surface area contributed by atoms with E-state index in [-0.39, 0.29) is 36.8 Å². The summed E-state index contributed by atoms with van der Waals surface area (Å²) in [5.74, 6) is 0.723. The van der Waals surface area contributed by atoms with Crippen LogP contribution in [-0.4, -0.2) is 71.9 Å². The van der Waals surface area contributed by atoms with E-state index >= 15 is 0 Å². The first-order chi connectivity index (χ1) is 27.8. The highest BCUT2D eigenvalue weighted by Gasteiger charge is 2.41. The normalized spacial score (nSPS) is 18.0. The fourth-order valence-electron chi connectivity index (χ4n) is 7.89. The number of benzene rings is 4. The van der Waals surface area contributed by atoms with Gasteiger partial charge in [0.05, 0.1) is 48.9 Å². The molecule has 57 heavy (non-hydrogen) atoms. The zero-order valence-electron chi connectivity index (χ0n) is 32.4. The molecular weight excluding hydrogens is 725 g/mol. The predicted molar refractivity (Wildman–Crippen MR) is 214 cm³/mol. The molecule has 4 aliphatic heterocycles. The van der Waals surface area contributed by atoms with Crippen LogP contribution in [0.2, 0.25) is 0 Å². The van der Waals surface area contributed by atoms with Gasteiger partial charge in [-0.05, 0) is 47.2 Å². The van der Waals surface area contributed by atoms with E-state index in [1.165, 1.54) is 0 Å². The molecule has 12 nitrogen and oxygen atoms in total. The third kappa shape index (κ3) is 7.73. The van der Waals surface area contributed by atoms with E-state index in [9.17, 15) is 19.2 Å². The molecule has 2 atom stereocenters. The maximum atomic E-state index is 14.0. The molecule has 4 aromatic carbocycles. The number of fused-ring (bicyclic) bond motifs is 6. The Labute approximate surface area is 332 Å². The van der Waals surface area contributed by atoms with Crippen LogP contribution in [-0.2, 0) is 35.5 Å². The average Bonchev–Trinajstić information content (AvgIpc) is 3.38. The minimum absolute atomic E-state index is 0.234. The van der Waals surface area contributed by atoms with E-state index in [0.29, 0.717) is 91.1 Å². The summed E-state index contributed by atoms with van der Waals surface area (Å²) in [6.07, 6.45) is 4.84. The van der Waals surface area contributed by atoms with Crippen molar-refractivity contribution in [2.45, 2.75) is 84.0 Å². The molecule has 0 saturated carbocycles. The summed E-state index contributed by atoms with van der Waals surface area (Å²) in [4.78, 5) is 58.3. The van der Waals surface area contributed by atoms with Crippen LogP contribution >= 0.6 is 0 Å². The summed E-state index contributed by atoms with van der Waals surface area (Å²) in [5.41, 5.74) is 5.67. The number of rotatable bonds is 14. The van der Waals surface area contributed by atoms with Gasteiger partial charge in [0.2, 0.25) is 11.8 Å². The van der Waals surface area contributed by atoms with Gasteiger partial charge in [0.25, 0.3) is 11.8 Å². The molecule has 4 aromatic rings. The molecule has 0 aromatic heterocycles. The zero-order chi connectivity index (χ0) is 39.5. The van der Waals surface area contributed by atoms with E-state index < -0.39 is 12.1 Å². The Morgan fingerprint density at radius 3 is 1.30 bits per heavy atom. The van der Waals surface area contributed by atoms with E-state index in [1.807, 2.05) is 48.5 Å². The third-order valence-electron chi connectivity index (χ3n) is 11.1. The van der Waals surface area contributed by atoms with Crippen molar-refractivity contribution in [3.63, 3.8) is 0 Å². The van der Waals surface area contributed by atoms with Gasteiger partial charge in [0, 0.05) is 44.5 Å². The van der Waals surface area contributed by atoms with Crippen molar-refractivity contribution < 1.29 is 38.1 Å². The molecule has 4 amide bonds. The maximum absolute atomic E-state index is 14.0. The number of carbonyl (C=O) groups excluding carboxylic acids is 4. The number of ether oxygens (including phenoxy) is 4. The minimum atomic E-state index is -0.625. The van der Waals surface area contributed by atoms with Gasteiger partial charge in [-0.1, -0.05) is 75.2 Å². The van der Waals surface area contributed by atoms with Gasteiger partial charge in [-0.25, -0.2) is 0 Å². The second-order valence-electron chi connectivity index (χ2n) is 15.0. The summed E-state index contributed by atoms with van der Waals surface area (Å²) in [6.45, 7) is 6.20. The van der Waals surface area contributed by atoms with Gasteiger partial charge in [-0.15, -0.1) is 0 Å². The summed E-state index contributed by atoms with van der Waals surface area (Å²) in [7, 11) is 0. The Morgan fingerprint density at radius 2 is 0.895 bits per heavy atom. The van der Waals surface area contributed by atoms with Crippen molar-refractivity contribution >= 4 is 35.0 Å². The molecule has 0 unspecified atom stereocenters. The molecule has 0 spiro atoms. The fourth-order valence-corrected chi connectivity index (χ4v) is 7.89. The van der Waals surface area contributed by atoms with Crippen LogP contribution in [0.3, 0.4) is 0 Å². The van der Waals surface area contributed by atoms with E-state index in [4.69, 9.17) is 18.9 Å². The van der Waals surface area contributed by atoms with Crippen LogP contribution in [0.5, 0.6) is 23.0 Å². The van der Waals surface area contributed by atoms with Crippen molar-refractivity contribution in [1.82, 2.24) is 9.80 Å². The quantitative estimate of drug-likeness (QED) is 0.132. The second-order valence-corrected chi connectivity index (χ2v) is 15.0. The van der Waals surface area contributed by atoms with Crippen molar-refractivity contribution in [3.8, 4) is 23.0 Å². The number of hydrogen-bond donors (Lipinski definition) is 2. The molecule has 0 fully saturated rings. The monoisotopic (exact) mass is 772 g/mol. The number of nitrogens with one attached hydrogen (secondary N) is 2. The van der Waals surface area contributed by atoms with Crippen molar-refractivity contribution in [3.05, 3.63) is 106 Å². The first-order valence-electron chi connectivity index (χ1n) is 20.1. The van der Waals surface area contributed by atoms with E-state index in [1.54, 1.807) is 34.1 Å². The Balaban J connectivity index is 0.977. The molecule has 4 aliphatic rings. The van der Waals surface area contributed by atoms with Gasteiger partial charge in [-0.3, -0.25) is 19.2 Å². The predicted octanol–water partition coefficient (Wildman–Crippen LogP) is 6.93. The molecule has 0 aliphatic carbocycles. The van der Waals surface area contributed by atoms with Gasteiger partial charge in [0.15, 0.2) is 23.0 Å². The van der Waals surface area contributed by atoms with E-state index in [2.05, 4.69) is 24.5 Å². The molecule has 8 rings (SSSR count). The minimum Gasteiger partial charge on any atom is -0.490 e. The van der Waals surface area contributed by atoms with Crippen LogP contribution < -0.4 is 29.6 Å². The molecular formula is C45H48N4O8. The molecule has 12 heteroatoms. The van der Waals surface area contributed by atoms with Crippen LogP contribution in [0, 0.1) is 0 Å². The molecule has 4 heterocycles. The smallest absolute Gasteiger partial charge is 0.257 e. The molecule has 296 valence electrons. The summed E-state index contributed by atoms with van der Waals surface area (Å²) in [5, 5.41) is 5.98. The van der Waals surface area contributed by atoms with E-state index in [0.717, 1.165) is 47.9 Å². The highest BCUT2D eigenvalue weighted by molar-refractivity contribution is 6.11. The Kier molecular flexibility index (Phi) is 11.0. The number of amides is 4. The Morgan fingerprint density at radius 1 is 0.526 bits per heavy atom. The van der Waals surface area contributed by atoms with Gasteiger partial charge < -0.3 is 39.4 Å².